The Balaban J connectivity index is 2.58. The van der Waals surface area contributed by atoms with Crippen molar-refractivity contribution >= 4 is 17.5 Å². The van der Waals surface area contributed by atoms with Gasteiger partial charge >= 0.3 is 0 Å². The number of nitrogens with one attached hydrogen (secondary N) is 1. The number of benzene rings is 1. The van der Waals surface area contributed by atoms with Gasteiger partial charge in [0.2, 0.25) is 0 Å². The van der Waals surface area contributed by atoms with Crippen LogP contribution in [0.15, 0.2) is 12.1 Å². The molecule has 14 heavy (non-hydrogen) atoms. The van der Waals surface area contributed by atoms with E-state index in [1.807, 2.05) is 0 Å². The van der Waals surface area contributed by atoms with Gasteiger partial charge in [0.05, 0.1) is 6.54 Å². The topological polar surface area (TPSA) is 58.6 Å². The monoisotopic (exact) mass is 213 g/mol. The summed E-state index contributed by atoms with van der Waals surface area (Å²) < 4.78 is 5.25. The second-order valence-corrected chi connectivity index (χ2v) is 3.34. The van der Waals surface area contributed by atoms with Crippen molar-refractivity contribution in [2.45, 2.75) is 0 Å². The van der Waals surface area contributed by atoms with Gasteiger partial charge in [-0.05, 0) is 12.1 Å². The number of hydrogen-bond donors (Lipinski definition) is 2. The van der Waals surface area contributed by atoms with Gasteiger partial charge in [-0.25, -0.2) is 0 Å². The zero-order chi connectivity index (χ0) is 10.1. The van der Waals surface area contributed by atoms with Crippen molar-refractivity contribution in [3.63, 3.8) is 0 Å². The van der Waals surface area contributed by atoms with Crippen molar-refractivity contribution in [2.75, 3.05) is 13.2 Å². The Morgan fingerprint density at radius 3 is 3.07 bits per heavy atom. The van der Waals surface area contributed by atoms with Crippen LogP contribution in [0.5, 0.6) is 11.5 Å². The Kier molecular flexibility index (Phi) is 2.21. The average Bonchev–Trinajstić information content (AvgIpc) is 2.27. The lowest BCUT2D eigenvalue weighted by Crippen LogP contribution is -2.24. The van der Waals surface area contributed by atoms with E-state index in [0.717, 1.165) is 0 Å². The van der Waals surface area contributed by atoms with Gasteiger partial charge < -0.3 is 15.2 Å². The molecule has 0 radical (unpaired) electrons. The largest absolute Gasteiger partial charge is 0.507 e. The number of amides is 1. The number of ether oxygens (including phenoxy) is 1. The van der Waals surface area contributed by atoms with Crippen LogP contribution in [0.2, 0.25) is 5.02 Å². The second kappa shape index (κ2) is 3.38. The lowest BCUT2D eigenvalue weighted by atomic mass is 10.1. The van der Waals surface area contributed by atoms with Gasteiger partial charge in [0.1, 0.15) is 23.7 Å². The molecule has 1 aliphatic heterocycles. The van der Waals surface area contributed by atoms with E-state index in [1.165, 1.54) is 12.1 Å². The molecular formula is C9H8ClNO3. The van der Waals surface area contributed by atoms with E-state index in [2.05, 4.69) is 5.32 Å². The third kappa shape index (κ3) is 1.48. The molecule has 4 nitrogen and oxygen atoms in total. The molecule has 74 valence electrons. The van der Waals surface area contributed by atoms with E-state index in [9.17, 15) is 9.90 Å². The first-order chi connectivity index (χ1) is 6.68. The van der Waals surface area contributed by atoms with E-state index in [0.29, 0.717) is 23.9 Å². The predicted octanol–water partition coefficient (Wildman–Crippen LogP) is 1.17. The molecule has 2 N–H and O–H groups in total. The number of hydrogen-bond acceptors (Lipinski definition) is 3. The third-order valence-corrected chi connectivity index (χ3v) is 2.14. The zero-order valence-electron chi connectivity index (χ0n) is 7.21. The Morgan fingerprint density at radius 2 is 2.29 bits per heavy atom. The molecule has 0 spiro atoms. The fourth-order valence-electron chi connectivity index (χ4n) is 1.32. The van der Waals surface area contributed by atoms with Crippen LogP contribution in [0, 0.1) is 0 Å². The number of phenolic OH excluding ortho intramolecular Hbond substituents is 1. The minimum absolute atomic E-state index is 0.145. The molecule has 0 fully saturated rings. The quantitative estimate of drug-likeness (QED) is 0.680. The summed E-state index contributed by atoms with van der Waals surface area (Å²) in [6, 6.07) is 2.83. The van der Waals surface area contributed by atoms with Gasteiger partial charge in [0.15, 0.2) is 0 Å². The molecule has 0 atom stereocenters. The average molecular weight is 214 g/mol. The lowest BCUT2D eigenvalue weighted by molar-refractivity contribution is 0.0954. The van der Waals surface area contributed by atoms with Gasteiger partial charge in [0.25, 0.3) is 5.91 Å². The summed E-state index contributed by atoms with van der Waals surface area (Å²) in [6.45, 7) is 0.795. The molecule has 0 unspecified atom stereocenters. The van der Waals surface area contributed by atoms with E-state index >= 15 is 0 Å². The van der Waals surface area contributed by atoms with Crippen molar-refractivity contribution in [3.8, 4) is 11.5 Å². The van der Waals surface area contributed by atoms with Gasteiger partial charge in [-0.1, -0.05) is 11.6 Å². The molecule has 0 saturated carbocycles. The maximum atomic E-state index is 11.4. The summed E-state index contributed by atoms with van der Waals surface area (Å²) in [5, 5.41) is 12.4. The van der Waals surface area contributed by atoms with E-state index < -0.39 is 0 Å². The Morgan fingerprint density at radius 1 is 1.50 bits per heavy atom. The first-order valence-corrected chi connectivity index (χ1v) is 4.50. The van der Waals surface area contributed by atoms with E-state index in [4.69, 9.17) is 16.3 Å². The first kappa shape index (κ1) is 9.15. The molecule has 1 amide bonds. The predicted molar refractivity (Wildman–Crippen MR) is 50.9 cm³/mol. The molecule has 2 rings (SSSR count). The summed E-state index contributed by atoms with van der Waals surface area (Å²) in [5.41, 5.74) is 0.145. The number of fused-ring (bicyclic) bond motifs is 1. The number of aromatic hydroxyl groups is 1. The maximum absolute atomic E-state index is 11.4. The van der Waals surface area contributed by atoms with Crippen LogP contribution in [0.1, 0.15) is 10.4 Å². The highest BCUT2D eigenvalue weighted by atomic mass is 35.5. The van der Waals surface area contributed by atoms with Gasteiger partial charge in [-0.3, -0.25) is 4.79 Å². The van der Waals surface area contributed by atoms with Gasteiger partial charge in [-0.2, -0.15) is 0 Å². The molecular weight excluding hydrogens is 206 g/mol. The Labute approximate surface area is 85.4 Å². The van der Waals surface area contributed by atoms with Crippen molar-refractivity contribution in [2.24, 2.45) is 0 Å². The van der Waals surface area contributed by atoms with Crippen LogP contribution in [0.4, 0.5) is 0 Å². The van der Waals surface area contributed by atoms with Crippen LogP contribution >= 0.6 is 11.6 Å². The summed E-state index contributed by atoms with van der Waals surface area (Å²) >= 11 is 5.71. The highest BCUT2D eigenvalue weighted by Gasteiger charge is 2.20. The molecule has 5 heteroatoms. The highest BCUT2D eigenvalue weighted by molar-refractivity contribution is 6.31. The van der Waals surface area contributed by atoms with Gasteiger partial charge in [-0.15, -0.1) is 0 Å². The Hall–Kier alpha value is -1.42. The minimum Gasteiger partial charge on any atom is -0.507 e. The summed E-state index contributed by atoms with van der Waals surface area (Å²) in [4.78, 5) is 11.4. The molecule has 0 aromatic heterocycles. The van der Waals surface area contributed by atoms with E-state index in [-0.39, 0.29) is 17.2 Å². The van der Waals surface area contributed by atoms with Crippen LogP contribution in [-0.2, 0) is 0 Å². The number of carbonyl (C=O) groups is 1. The van der Waals surface area contributed by atoms with Crippen LogP contribution in [0.25, 0.3) is 0 Å². The third-order valence-electron chi connectivity index (χ3n) is 1.92. The minimum atomic E-state index is -0.341. The van der Waals surface area contributed by atoms with Crippen molar-refractivity contribution in [1.29, 1.82) is 0 Å². The van der Waals surface area contributed by atoms with Gasteiger partial charge in [0, 0.05) is 5.02 Å². The van der Waals surface area contributed by atoms with Crippen molar-refractivity contribution in [1.82, 2.24) is 5.32 Å². The van der Waals surface area contributed by atoms with Crippen LogP contribution < -0.4 is 10.1 Å². The molecule has 1 aromatic rings. The summed E-state index contributed by atoms with van der Waals surface area (Å²) in [5.74, 6) is -0.177. The molecule has 1 aromatic carbocycles. The summed E-state index contributed by atoms with van der Waals surface area (Å²) in [6.07, 6.45) is 0. The smallest absolute Gasteiger partial charge is 0.258 e. The second-order valence-electron chi connectivity index (χ2n) is 2.90. The molecule has 1 heterocycles. The number of halogens is 1. The molecule has 0 bridgehead atoms. The Bertz CT molecular complexity index is 392. The summed E-state index contributed by atoms with van der Waals surface area (Å²) in [7, 11) is 0. The van der Waals surface area contributed by atoms with Crippen LogP contribution in [-0.4, -0.2) is 24.2 Å². The lowest BCUT2D eigenvalue weighted by Gasteiger charge is -2.07. The molecule has 0 saturated heterocycles. The number of carbonyl (C=O) groups excluding carboxylic acids is 1. The van der Waals surface area contributed by atoms with Crippen molar-refractivity contribution in [3.05, 3.63) is 22.7 Å². The maximum Gasteiger partial charge on any atom is 0.258 e. The van der Waals surface area contributed by atoms with E-state index in [1.54, 1.807) is 0 Å². The standard InChI is InChI=1S/C9H8ClNO3/c10-5-3-6(12)8-7(4-5)14-2-1-11-9(8)13/h3-4,12H,1-2H2,(H,11,13). The van der Waals surface area contributed by atoms with Crippen molar-refractivity contribution < 1.29 is 14.6 Å². The van der Waals surface area contributed by atoms with Crippen LogP contribution in [0.3, 0.4) is 0 Å². The molecule has 1 aliphatic rings. The number of phenols is 1. The zero-order valence-corrected chi connectivity index (χ0v) is 7.97. The normalized spacial score (nSPS) is 15.1. The molecule has 0 aliphatic carbocycles. The SMILES string of the molecule is O=C1NCCOc2cc(Cl)cc(O)c21. The first-order valence-electron chi connectivity index (χ1n) is 4.12. The fourth-order valence-corrected chi connectivity index (χ4v) is 1.53. The number of rotatable bonds is 0. The highest BCUT2D eigenvalue weighted by Crippen LogP contribution is 2.32. The fraction of sp³-hybridized carbons (Fsp3) is 0.222.